The van der Waals surface area contributed by atoms with Crippen LogP contribution in [0.5, 0.6) is 0 Å². The first-order valence-corrected chi connectivity index (χ1v) is 4.52. The third-order valence-corrected chi connectivity index (χ3v) is 1.75. The van der Waals surface area contributed by atoms with E-state index in [9.17, 15) is 0 Å². The van der Waals surface area contributed by atoms with E-state index in [0.717, 1.165) is 13.1 Å². The van der Waals surface area contributed by atoms with Gasteiger partial charge in [-0.15, -0.1) is 0 Å². The minimum Gasteiger partial charge on any atom is -0.318 e. The molecule has 0 fully saturated rings. The van der Waals surface area contributed by atoms with E-state index in [4.69, 9.17) is 0 Å². The molecule has 0 rings (SSSR count). The molecule has 0 amide bonds. The van der Waals surface area contributed by atoms with Crippen LogP contribution in [0.1, 0.15) is 33.6 Å². The monoisotopic (exact) mass is 158 g/mol. The Hall–Kier alpha value is -0.0800. The number of hydrogen-bond donors (Lipinski definition) is 2. The maximum absolute atomic E-state index is 3.50. The molecule has 0 aliphatic carbocycles. The first-order chi connectivity index (χ1) is 5.12. The van der Waals surface area contributed by atoms with Gasteiger partial charge in [0.15, 0.2) is 0 Å². The Morgan fingerprint density at radius 3 is 2.36 bits per heavy atom. The molecular weight excluding hydrogens is 136 g/mol. The van der Waals surface area contributed by atoms with E-state index in [1.165, 1.54) is 12.8 Å². The zero-order valence-corrected chi connectivity index (χ0v) is 8.33. The second kappa shape index (κ2) is 5.56. The van der Waals surface area contributed by atoms with Crippen molar-refractivity contribution in [2.24, 2.45) is 0 Å². The molecule has 0 aliphatic heterocycles. The molecule has 68 valence electrons. The van der Waals surface area contributed by atoms with E-state index in [0.29, 0.717) is 0 Å². The van der Waals surface area contributed by atoms with Crippen LogP contribution in [0.15, 0.2) is 0 Å². The second-order valence-corrected chi connectivity index (χ2v) is 3.69. The maximum Gasteiger partial charge on any atom is 0.0249 e. The molecule has 0 aromatic carbocycles. The number of likely N-dealkylation sites (N-methyl/N-ethyl adjacent to an activating group) is 1. The molecule has 0 unspecified atom stereocenters. The summed E-state index contributed by atoms with van der Waals surface area (Å²) in [7, 11) is 1.99. The van der Waals surface area contributed by atoms with E-state index in [2.05, 4.69) is 31.4 Å². The molecule has 0 radical (unpaired) electrons. The van der Waals surface area contributed by atoms with Gasteiger partial charge in [-0.1, -0.05) is 13.3 Å². The van der Waals surface area contributed by atoms with Gasteiger partial charge in [0, 0.05) is 12.1 Å². The predicted molar refractivity (Wildman–Crippen MR) is 50.9 cm³/mol. The standard InChI is InChI=1S/C9H22N2/c1-5-6-7-11-9(2,3)8-10-4/h10-11H,5-8H2,1-4H3. The molecule has 0 spiro atoms. The Morgan fingerprint density at radius 1 is 1.27 bits per heavy atom. The van der Waals surface area contributed by atoms with Crippen molar-refractivity contribution in [3.05, 3.63) is 0 Å². The summed E-state index contributed by atoms with van der Waals surface area (Å²) in [6.45, 7) is 8.81. The van der Waals surface area contributed by atoms with E-state index in [1.54, 1.807) is 0 Å². The summed E-state index contributed by atoms with van der Waals surface area (Å²) >= 11 is 0. The summed E-state index contributed by atoms with van der Waals surface area (Å²) in [5, 5.41) is 6.67. The Morgan fingerprint density at radius 2 is 1.91 bits per heavy atom. The first kappa shape index (κ1) is 10.9. The van der Waals surface area contributed by atoms with Gasteiger partial charge >= 0.3 is 0 Å². The number of rotatable bonds is 6. The highest BCUT2D eigenvalue weighted by Crippen LogP contribution is 1.99. The lowest BCUT2D eigenvalue weighted by Gasteiger charge is -2.25. The van der Waals surface area contributed by atoms with Crippen molar-refractivity contribution in [1.29, 1.82) is 0 Å². The summed E-state index contributed by atoms with van der Waals surface area (Å²) in [6.07, 6.45) is 2.54. The lowest BCUT2D eigenvalue weighted by atomic mass is 10.1. The summed E-state index contributed by atoms with van der Waals surface area (Å²) in [6, 6.07) is 0. The zero-order valence-electron chi connectivity index (χ0n) is 8.33. The summed E-state index contributed by atoms with van der Waals surface area (Å²) in [4.78, 5) is 0. The molecule has 0 aromatic rings. The molecule has 0 saturated carbocycles. The van der Waals surface area contributed by atoms with Crippen LogP contribution in [-0.4, -0.2) is 25.7 Å². The largest absolute Gasteiger partial charge is 0.318 e. The predicted octanol–water partition coefficient (Wildman–Crippen LogP) is 1.37. The molecule has 0 heterocycles. The van der Waals surface area contributed by atoms with E-state index in [1.807, 2.05) is 7.05 Å². The maximum atomic E-state index is 3.50. The van der Waals surface area contributed by atoms with Crippen molar-refractivity contribution in [3.8, 4) is 0 Å². The summed E-state index contributed by atoms with van der Waals surface area (Å²) in [5.74, 6) is 0. The van der Waals surface area contributed by atoms with Gasteiger partial charge in [0.25, 0.3) is 0 Å². The van der Waals surface area contributed by atoms with Crippen LogP contribution in [0.25, 0.3) is 0 Å². The van der Waals surface area contributed by atoms with Crippen molar-refractivity contribution in [3.63, 3.8) is 0 Å². The molecule has 0 atom stereocenters. The zero-order chi connectivity index (χ0) is 8.74. The van der Waals surface area contributed by atoms with E-state index in [-0.39, 0.29) is 5.54 Å². The number of unbranched alkanes of at least 4 members (excludes halogenated alkanes) is 1. The highest BCUT2D eigenvalue weighted by atomic mass is 15.0. The van der Waals surface area contributed by atoms with Crippen LogP contribution in [0.3, 0.4) is 0 Å². The van der Waals surface area contributed by atoms with Crippen LogP contribution in [0.2, 0.25) is 0 Å². The number of nitrogens with one attached hydrogen (secondary N) is 2. The highest BCUT2D eigenvalue weighted by molar-refractivity contribution is 4.78. The van der Waals surface area contributed by atoms with Gasteiger partial charge in [0.05, 0.1) is 0 Å². The first-order valence-electron chi connectivity index (χ1n) is 4.52. The Labute approximate surface area is 70.8 Å². The van der Waals surface area contributed by atoms with Gasteiger partial charge in [-0.25, -0.2) is 0 Å². The van der Waals surface area contributed by atoms with Gasteiger partial charge in [-0.05, 0) is 33.9 Å². The van der Waals surface area contributed by atoms with Crippen LogP contribution in [0.4, 0.5) is 0 Å². The van der Waals surface area contributed by atoms with Crippen molar-refractivity contribution < 1.29 is 0 Å². The lowest BCUT2D eigenvalue weighted by Crippen LogP contribution is -2.47. The SMILES string of the molecule is CCCCNC(C)(C)CNC. The normalized spacial score (nSPS) is 12.0. The van der Waals surface area contributed by atoms with E-state index >= 15 is 0 Å². The van der Waals surface area contributed by atoms with Gasteiger partial charge in [-0.3, -0.25) is 0 Å². The van der Waals surface area contributed by atoms with Crippen molar-refractivity contribution in [2.75, 3.05) is 20.1 Å². The summed E-state index contributed by atoms with van der Waals surface area (Å²) in [5.41, 5.74) is 0.240. The smallest absolute Gasteiger partial charge is 0.0249 e. The molecule has 2 nitrogen and oxygen atoms in total. The van der Waals surface area contributed by atoms with Crippen LogP contribution >= 0.6 is 0 Å². The fourth-order valence-electron chi connectivity index (χ4n) is 1.11. The fourth-order valence-corrected chi connectivity index (χ4v) is 1.11. The van der Waals surface area contributed by atoms with Crippen LogP contribution in [-0.2, 0) is 0 Å². The lowest BCUT2D eigenvalue weighted by molar-refractivity contribution is 0.373. The summed E-state index contributed by atoms with van der Waals surface area (Å²) < 4.78 is 0. The average Bonchev–Trinajstić information content (AvgIpc) is 1.87. The Bertz CT molecular complexity index is 89.6. The molecular formula is C9H22N2. The van der Waals surface area contributed by atoms with Crippen molar-refractivity contribution in [1.82, 2.24) is 10.6 Å². The third-order valence-electron chi connectivity index (χ3n) is 1.75. The van der Waals surface area contributed by atoms with Gasteiger partial charge in [0.1, 0.15) is 0 Å². The van der Waals surface area contributed by atoms with Crippen LogP contribution < -0.4 is 10.6 Å². The number of hydrogen-bond acceptors (Lipinski definition) is 2. The highest BCUT2D eigenvalue weighted by Gasteiger charge is 2.13. The van der Waals surface area contributed by atoms with Gasteiger partial charge in [0.2, 0.25) is 0 Å². The van der Waals surface area contributed by atoms with Crippen molar-refractivity contribution in [2.45, 2.75) is 39.2 Å². The molecule has 0 aromatic heterocycles. The fraction of sp³-hybridized carbons (Fsp3) is 1.00. The topological polar surface area (TPSA) is 24.1 Å². The Kier molecular flexibility index (Phi) is 5.51. The minimum absolute atomic E-state index is 0.240. The molecule has 11 heavy (non-hydrogen) atoms. The molecule has 0 bridgehead atoms. The second-order valence-electron chi connectivity index (χ2n) is 3.69. The van der Waals surface area contributed by atoms with Crippen LogP contribution in [0, 0.1) is 0 Å². The van der Waals surface area contributed by atoms with E-state index < -0.39 is 0 Å². The van der Waals surface area contributed by atoms with Gasteiger partial charge < -0.3 is 10.6 Å². The quantitative estimate of drug-likeness (QED) is 0.571. The average molecular weight is 158 g/mol. The minimum atomic E-state index is 0.240. The molecule has 2 N–H and O–H groups in total. The molecule has 0 saturated heterocycles. The molecule has 0 aliphatic rings. The third kappa shape index (κ3) is 6.32. The van der Waals surface area contributed by atoms with Gasteiger partial charge in [-0.2, -0.15) is 0 Å². The Balaban J connectivity index is 3.38. The molecule has 2 heteroatoms. The van der Waals surface area contributed by atoms with Crippen molar-refractivity contribution >= 4 is 0 Å².